The van der Waals surface area contributed by atoms with Crippen LogP contribution in [0.3, 0.4) is 0 Å². The van der Waals surface area contributed by atoms with Crippen LogP contribution >= 0.6 is 11.3 Å². The molecular weight excluding hydrogens is 657 g/mol. The van der Waals surface area contributed by atoms with Crippen molar-refractivity contribution in [2.45, 2.75) is 0 Å². The Hall–Kier alpha value is -6.76. The molecule has 10 aromatic rings. The normalized spacial score (nSPS) is 11.5. The van der Waals surface area contributed by atoms with Crippen molar-refractivity contribution in [3.8, 4) is 67.9 Å². The molecule has 0 atom stereocenters. The molecule has 0 radical (unpaired) electrons. The van der Waals surface area contributed by atoms with Gasteiger partial charge in [0.1, 0.15) is 5.52 Å². The van der Waals surface area contributed by atoms with Crippen molar-refractivity contribution in [3.05, 3.63) is 170 Å². The molecule has 7 aromatic carbocycles. The number of thiophene rings is 1. The second-order valence-corrected chi connectivity index (χ2v) is 13.7. The molecule has 52 heavy (non-hydrogen) atoms. The van der Waals surface area contributed by atoms with Gasteiger partial charge in [-0.3, -0.25) is 0 Å². The van der Waals surface area contributed by atoms with Crippen molar-refractivity contribution in [1.29, 1.82) is 0 Å². The fraction of sp³-hybridized carbons (Fsp3) is 0. The maximum Gasteiger partial charge on any atom is 0.228 e. The monoisotopic (exact) mass is 684 g/mol. The standard InChI is InChI=1S/C46H28N4OS/c1-4-14-29(15-5-1)32-26-33(30-16-6-2-7-17-30)28-34(27-32)44-48-43(31-18-8-3-9-19-31)49-45(50-44)36-21-13-25-40-41(36)35-20-12-22-37(42(35)52-40)46-47-38-23-10-11-24-39(38)51-46/h1-28H. The molecule has 0 fully saturated rings. The molecule has 10 rings (SSSR count). The van der Waals surface area contributed by atoms with Gasteiger partial charge in [-0.15, -0.1) is 11.3 Å². The van der Waals surface area contributed by atoms with Crippen LogP contribution in [0.25, 0.3) is 99.1 Å². The van der Waals surface area contributed by atoms with E-state index in [0.717, 1.165) is 75.8 Å². The molecule has 244 valence electrons. The van der Waals surface area contributed by atoms with E-state index in [-0.39, 0.29) is 0 Å². The molecule has 0 bridgehead atoms. The zero-order valence-corrected chi connectivity index (χ0v) is 28.6. The Labute approximate surface area is 303 Å². The van der Waals surface area contributed by atoms with Crippen molar-refractivity contribution in [3.63, 3.8) is 0 Å². The van der Waals surface area contributed by atoms with Crippen LogP contribution < -0.4 is 0 Å². The lowest BCUT2D eigenvalue weighted by molar-refractivity contribution is 0.621. The average Bonchev–Trinajstić information content (AvgIpc) is 3.84. The Morgan fingerprint density at radius 2 is 0.962 bits per heavy atom. The lowest BCUT2D eigenvalue weighted by atomic mass is 9.96. The van der Waals surface area contributed by atoms with E-state index in [4.69, 9.17) is 24.4 Å². The first kappa shape index (κ1) is 30.1. The summed E-state index contributed by atoms with van der Waals surface area (Å²) in [6.45, 7) is 0. The van der Waals surface area contributed by atoms with Crippen LogP contribution in [0.4, 0.5) is 0 Å². The second-order valence-electron chi connectivity index (χ2n) is 12.7. The fourth-order valence-electron chi connectivity index (χ4n) is 6.88. The molecule has 0 aliphatic heterocycles. The van der Waals surface area contributed by atoms with Gasteiger partial charge in [0.25, 0.3) is 0 Å². The van der Waals surface area contributed by atoms with Crippen molar-refractivity contribution in [2.75, 3.05) is 0 Å². The van der Waals surface area contributed by atoms with E-state index in [9.17, 15) is 0 Å². The minimum Gasteiger partial charge on any atom is -0.436 e. The highest BCUT2D eigenvalue weighted by atomic mass is 32.1. The first-order chi connectivity index (χ1) is 25.7. The predicted octanol–water partition coefficient (Wildman–Crippen LogP) is 12.4. The van der Waals surface area contributed by atoms with Gasteiger partial charge in [-0.25, -0.2) is 19.9 Å². The van der Waals surface area contributed by atoms with Crippen LogP contribution in [0.5, 0.6) is 0 Å². The predicted molar refractivity (Wildman–Crippen MR) is 213 cm³/mol. The molecular formula is C46H28N4OS. The van der Waals surface area contributed by atoms with Gasteiger partial charge in [0.2, 0.25) is 5.89 Å². The Balaban J connectivity index is 1.20. The fourth-order valence-corrected chi connectivity index (χ4v) is 8.12. The van der Waals surface area contributed by atoms with Gasteiger partial charge < -0.3 is 4.42 Å². The third-order valence-corrected chi connectivity index (χ3v) is 10.6. The zero-order chi connectivity index (χ0) is 34.4. The van der Waals surface area contributed by atoms with Gasteiger partial charge in [0.05, 0.1) is 5.56 Å². The number of hydrogen-bond acceptors (Lipinski definition) is 6. The summed E-state index contributed by atoms with van der Waals surface area (Å²) in [5.74, 6) is 2.47. The van der Waals surface area contributed by atoms with Gasteiger partial charge in [-0.05, 0) is 64.7 Å². The molecule has 0 unspecified atom stereocenters. The summed E-state index contributed by atoms with van der Waals surface area (Å²) in [5.41, 5.74) is 9.82. The largest absolute Gasteiger partial charge is 0.436 e. The van der Waals surface area contributed by atoms with Gasteiger partial charge in [-0.2, -0.15) is 0 Å². The minimum absolute atomic E-state index is 0.612. The number of hydrogen-bond donors (Lipinski definition) is 0. The van der Waals surface area contributed by atoms with E-state index >= 15 is 0 Å². The van der Waals surface area contributed by atoms with Crippen LogP contribution in [0.1, 0.15) is 0 Å². The molecule has 0 spiro atoms. The van der Waals surface area contributed by atoms with Crippen molar-refractivity contribution < 1.29 is 4.42 Å². The van der Waals surface area contributed by atoms with E-state index < -0.39 is 0 Å². The maximum atomic E-state index is 6.25. The molecule has 0 saturated heterocycles. The third-order valence-electron chi connectivity index (χ3n) is 9.36. The smallest absolute Gasteiger partial charge is 0.228 e. The molecule has 3 heterocycles. The highest BCUT2D eigenvalue weighted by Gasteiger charge is 2.20. The molecule has 0 saturated carbocycles. The first-order valence-electron chi connectivity index (χ1n) is 17.1. The molecule has 6 heteroatoms. The van der Waals surface area contributed by atoms with Crippen LogP contribution in [-0.4, -0.2) is 19.9 Å². The number of rotatable bonds is 6. The summed E-state index contributed by atoms with van der Waals surface area (Å²) >= 11 is 1.73. The molecule has 3 aromatic heterocycles. The van der Waals surface area contributed by atoms with E-state index in [0.29, 0.717) is 23.4 Å². The van der Waals surface area contributed by atoms with Gasteiger partial charge in [0, 0.05) is 36.9 Å². The second kappa shape index (κ2) is 12.5. The maximum absolute atomic E-state index is 6.25. The number of para-hydroxylation sites is 2. The van der Waals surface area contributed by atoms with Crippen molar-refractivity contribution in [2.24, 2.45) is 0 Å². The van der Waals surface area contributed by atoms with Gasteiger partial charge >= 0.3 is 0 Å². The summed E-state index contributed by atoms with van der Waals surface area (Å²) in [4.78, 5) is 20.4. The summed E-state index contributed by atoms with van der Waals surface area (Å²) in [6, 6.07) is 58.2. The highest BCUT2D eigenvalue weighted by Crippen LogP contribution is 2.44. The number of aromatic nitrogens is 4. The van der Waals surface area contributed by atoms with E-state index in [1.807, 2.05) is 66.7 Å². The highest BCUT2D eigenvalue weighted by molar-refractivity contribution is 7.26. The topological polar surface area (TPSA) is 64.7 Å². The first-order valence-corrected chi connectivity index (χ1v) is 18.0. The average molecular weight is 685 g/mol. The van der Waals surface area contributed by atoms with Crippen molar-refractivity contribution in [1.82, 2.24) is 19.9 Å². The van der Waals surface area contributed by atoms with Crippen LogP contribution in [0.15, 0.2) is 174 Å². The number of fused-ring (bicyclic) bond motifs is 4. The SMILES string of the molecule is c1ccc(-c2cc(-c3ccccc3)cc(-c3nc(-c4ccccc4)nc(-c4cccc5sc6c(-c7nc8ccccc8o7)cccc6c45)n3)c2)cc1. The van der Waals surface area contributed by atoms with E-state index in [2.05, 4.69) is 103 Å². The number of nitrogens with zero attached hydrogens (tertiary/aromatic N) is 4. The Morgan fingerprint density at radius 1 is 0.404 bits per heavy atom. The van der Waals surface area contributed by atoms with Crippen LogP contribution in [-0.2, 0) is 0 Å². The Bertz CT molecular complexity index is 2810. The Morgan fingerprint density at radius 3 is 1.65 bits per heavy atom. The molecule has 0 aliphatic carbocycles. The third kappa shape index (κ3) is 5.34. The summed E-state index contributed by atoms with van der Waals surface area (Å²) < 4.78 is 8.49. The van der Waals surface area contributed by atoms with Gasteiger partial charge in [0.15, 0.2) is 23.1 Å². The van der Waals surface area contributed by atoms with Gasteiger partial charge in [-0.1, -0.05) is 127 Å². The summed E-state index contributed by atoms with van der Waals surface area (Å²) in [5, 5.41) is 2.20. The minimum atomic E-state index is 0.612. The molecule has 0 amide bonds. The summed E-state index contributed by atoms with van der Waals surface area (Å²) in [6.07, 6.45) is 0. The van der Waals surface area contributed by atoms with E-state index in [1.165, 1.54) is 0 Å². The lowest BCUT2D eigenvalue weighted by Gasteiger charge is -2.13. The molecule has 0 N–H and O–H groups in total. The van der Waals surface area contributed by atoms with Crippen molar-refractivity contribution >= 4 is 42.6 Å². The quantitative estimate of drug-likeness (QED) is 0.174. The Kier molecular flexibility index (Phi) is 7.25. The number of oxazole rings is 1. The van der Waals surface area contributed by atoms with E-state index in [1.54, 1.807) is 11.3 Å². The molecule has 0 aliphatic rings. The summed E-state index contributed by atoms with van der Waals surface area (Å²) in [7, 11) is 0. The number of benzene rings is 7. The van der Waals surface area contributed by atoms with Crippen LogP contribution in [0, 0.1) is 0 Å². The van der Waals surface area contributed by atoms with Crippen LogP contribution in [0.2, 0.25) is 0 Å². The lowest BCUT2D eigenvalue weighted by Crippen LogP contribution is -2.01. The zero-order valence-electron chi connectivity index (χ0n) is 27.8. The molecule has 5 nitrogen and oxygen atoms in total.